The highest BCUT2D eigenvalue weighted by Gasteiger charge is 2.12. The third kappa shape index (κ3) is 3.60. The van der Waals surface area contributed by atoms with Gasteiger partial charge in [-0.2, -0.15) is 0 Å². The van der Waals surface area contributed by atoms with Crippen LogP contribution in [0.4, 0.5) is 16.0 Å². The number of nitrogens with one attached hydrogen (secondary N) is 1. The number of ether oxygens (including phenoxy) is 3. The van der Waals surface area contributed by atoms with E-state index in [2.05, 4.69) is 15.3 Å². The van der Waals surface area contributed by atoms with Crippen molar-refractivity contribution in [2.24, 2.45) is 0 Å². The van der Waals surface area contributed by atoms with Crippen LogP contribution in [0.1, 0.15) is 0 Å². The minimum absolute atomic E-state index is 0.330. The summed E-state index contributed by atoms with van der Waals surface area (Å²) in [5, 5.41) is 2.92. The van der Waals surface area contributed by atoms with Gasteiger partial charge in [-0.3, -0.25) is 0 Å². The summed E-state index contributed by atoms with van der Waals surface area (Å²) >= 11 is 0. The zero-order chi connectivity index (χ0) is 17.1. The highest BCUT2D eigenvalue weighted by Crippen LogP contribution is 2.35. The fourth-order valence-electron chi connectivity index (χ4n) is 2.35. The number of hydrogen-bond acceptors (Lipinski definition) is 6. The number of benzene rings is 2. The van der Waals surface area contributed by atoms with Crippen molar-refractivity contribution in [2.45, 2.75) is 0 Å². The monoisotopic (exact) mass is 339 g/mol. The molecule has 4 rings (SSSR count). The van der Waals surface area contributed by atoms with Crippen LogP contribution in [0.2, 0.25) is 0 Å². The van der Waals surface area contributed by atoms with Gasteiger partial charge in [-0.25, -0.2) is 14.4 Å². The van der Waals surface area contributed by atoms with E-state index < -0.39 is 0 Å². The summed E-state index contributed by atoms with van der Waals surface area (Å²) in [5.74, 6) is 2.43. The van der Waals surface area contributed by atoms with Crippen molar-refractivity contribution in [2.75, 3.05) is 18.5 Å². The molecule has 0 aliphatic carbocycles. The molecule has 25 heavy (non-hydrogen) atoms. The van der Waals surface area contributed by atoms with Crippen LogP contribution in [0, 0.1) is 5.82 Å². The van der Waals surface area contributed by atoms with Crippen molar-refractivity contribution in [3.8, 4) is 23.0 Å². The molecular formula is C18H14FN3O3. The van der Waals surface area contributed by atoms with Crippen LogP contribution >= 0.6 is 0 Å². The summed E-state index contributed by atoms with van der Waals surface area (Å²) < 4.78 is 29.9. The van der Waals surface area contributed by atoms with Crippen molar-refractivity contribution >= 4 is 11.6 Å². The van der Waals surface area contributed by atoms with Gasteiger partial charge in [-0.05, 0) is 30.3 Å². The standard InChI is InChI=1S/C18H14FN3O3/c19-12-2-1-3-13(8-12)22-18-20-10-15(11-21-18)25-14-4-5-16-17(9-14)24-7-6-23-16/h1-5,8-11H,6-7H2,(H,20,21,22). The lowest BCUT2D eigenvalue weighted by Crippen LogP contribution is -2.15. The first kappa shape index (κ1) is 15.2. The number of nitrogens with zero attached hydrogens (tertiary/aromatic N) is 2. The molecule has 0 amide bonds. The highest BCUT2D eigenvalue weighted by molar-refractivity contribution is 5.53. The summed E-state index contributed by atoms with van der Waals surface area (Å²) in [6.07, 6.45) is 3.07. The van der Waals surface area contributed by atoms with Crippen LogP contribution in [0.3, 0.4) is 0 Å². The normalized spacial score (nSPS) is 12.5. The Bertz CT molecular complexity index is 887. The Kier molecular flexibility index (Phi) is 4.04. The van der Waals surface area contributed by atoms with E-state index in [-0.39, 0.29) is 5.82 Å². The molecule has 0 saturated carbocycles. The van der Waals surface area contributed by atoms with Gasteiger partial charge < -0.3 is 19.5 Å². The summed E-state index contributed by atoms with van der Waals surface area (Å²) in [7, 11) is 0. The van der Waals surface area contributed by atoms with Crippen molar-refractivity contribution in [1.82, 2.24) is 9.97 Å². The van der Waals surface area contributed by atoms with E-state index in [4.69, 9.17) is 14.2 Å². The van der Waals surface area contributed by atoms with E-state index in [1.807, 2.05) is 0 Å². The number of aromatic nitrogens is 2. The number of rotatable bonds is 4. The average Bonchev–Trinajstić information content (AvgIpc) is 2.63. The maximum atomic E-state index is 13.2. The van der Waals surface area contributed by atoms with E-state index >= 15 is 0 Å². The molecule has 1 aromatic heterocycles. The van der Waals surface area contributed by atoms with Crippen LogP contribution < -0.4 is 19.5 Å². The SMILES string of the molecule is Fc1cccc(Nc2ncc(Oc3ccc4c(c3)OCCO4)cn2)c1. The number of halogens is 1. The molecule has 2 heterocycles. The Morgan fingerprint density at radius 3 is 2.52 bits per heavy atom. The fraction of sp³-hybridized carbons (Fsp3) is 0.111. The Morgan fingerprint density at radius 1 is 0.920 bits per heavy atom. The molecule has 7 heteroatoms. The summed E-state index contributed by atoms with van der Waals surface area (Å²) in [6, 6.07) is 11.4. The number of hydrogen-bond donors (Lipinski definition) is 1. The molecule has 0 saturated heterocycles. The van der Waals surface area contributed by atoms with Crippen molar-refractivity contribution in [3.63, 3.8) is 0 Å². The first-order valence-corrected chi connectivity index (χ1v) is 7.68. The van der Waals surface area contributed by atoms with E-state index in [0.717, 1.165) is 0 Å². The van der Waals surface area contributed by atoms with E-state index in [0.29, 0.717) is 47.8 Å². The zero-order valence-corrected chi connectivity index (χ0v) is 13.1. The van der Waals surface area contributed by atoms with Crippen LogP contribution in [0.15, 0.2) is 54.9 Å². The maximum Gasteiger partial charge on any atom is 0.227 e. The van der Waals surface area contributed by atoms with Gasteiger partial charge in [0.25, 0.3) is 0 Å². The second-order valence-electron chi connectivity index (χ2n) is 5.29. The summed E-state index contributed by atoms with van der Waals surface area (Å²) in [5.41, 5.74) is 0.570. The van der Waals surface area contributed by atoms with Gasteiger partial charge in [0.1, 0.15) is 24.8 Å². The lowest BCUT2D eigenvalue weighted by molar-refractivity contribution is 0.171. The predicted molar refractivity (Wildman–Crippen MR) is 89.2 cm³/mol. The number of anilines is 2. The molecule has 1 N–H and O–H groups in total. The molecule has 6 nitrogen and oxygen atoms in total. The van der Waals surface area contributed by atoms with Gasteiger partial charge >= 0.3 is 0 Å². The van der Waals surface area contributed by atoms with Gasteiger partial charge in [-0.1, -0.05) is 6.07 Å². The van der Waals surface area contributed by atoms with Gasteiger partial charge in [0.05, 0.1) is 12.4 Å². The highest BCUT2D eigenvalue weighted by atomic mass is 19.1. The third-order valence-corrected chi connectivity index (χ3v) is 3.46. The first-order valence-electron chi connectivity index (χ1n) is 7.68. The molecule has 1 aliphatic rings. The molecule has 0 fully saturated rings. The lowest BCUT2D eigenvalue weighted by Gasteiger charge is -2.18. The van der Waals surface area contributed by atoms with Gasteiger partial charge in [0.2, 0.25) is 5.95 Å². The molecule has 1 aliphatic heterocycles. The van der Waals surface area contributed by atoms with E-state index in [9.17, 15) is 4.39 Å². The largest absolute Gasteiger partial charge is 0.486 e. The molecule has 2 aromatic carbocycles. The second kappa shape index (κ2) is 6.64. The Balaban J connectivity index is 1.45. The molecule has 0 radical (unpaired) electrons. The summed E-state index contributed by atoms with van der Waals surface area (Å²) in [6.45, 7) is 1.06. The minimum Gasteiger partial charge on any atom is -0.486 e. The van der Waals surface area contributed by atoms with Crippen molar-refractivity contribution in [1.29, 1.82) is 0 Å². The van der Waals surface area contributed by atoms with E-state index in [1.54, 1.807) is 30.3 Å². The number of fused-ring (bicyclic) bond motifs is 1. The minimum atomic E-state index is -0.330. The molecule has 0 spiro atoms. The Labute approximate surface area is 143 Å². The van der Waals surface area contributed by atoms with Crippen molar-refractivity contribution < 1.29 is 18.6 Å². The molecule has 3 aromatic rings. The van der Waals surface area contributed by atoms with E-state index in [1.165, 1.54) is 24.5 Å². The molecule has 0 unspecified atom stereocenters. The molecular weight excluding hydrogens is 325 g/mol. The third-order valence-electron chi connectivity index (χ3n) is 3.46. The quantitative estimate of drug-likeness (QED) is 0.777. The second-order valence-corrected chi connectivity index (χ2v) is 5.29. The summed E-state index contributed by atoms with van der Waals surface area (Å²) in [4.78, 5) is 8.32. The topological polar surface area (TPSA) is 65.5 Å². The van der Waals surface area contributed by atoms with Crippen molar-refractivity contribution in [3.05, 3.63) is 60.7 Å². The maximum absolute atomic E-state index is 13.2. The van der Waals surface area contributed by atoms with Crippen LogP contribution in [0.5, 0.6) is 23.0 Å². The Morgan fingerprint density at radius 2 is 1.72 bits per heavy atom. The Hall–Kier alpha value is -3.35. The van der Waals surface area contributed by atoms with Gasteiger partial charge in [-0.15, -0.1) is 0 Å². The smallest absolute Gasteiger partial charge is 0.227 e. The molecule has 0 atom stereocenters. The zero-order valence-electron chi connectivity index (χ0n) is 13.1. The van der Waals surface area contributed by atoms with Crippen LogP contribution in [-0.4, -0.2) is 23.2 Å². The fourth-order valence-corrected chi connectivity index (χ4v) is 2.35. The average molecular weight is 339 g/mol. The molecule has 0 bridgehead atoms. The van der Waals surface area contributed by atoms with Crippen LogP contribution in [-0.2, 0) is 0 Å². The molecule has 126 valence electrons. The lowest BCUT2D eigenvalue weighted by atomic mass is 10.3. The predicted octanol–water partition coefficient (Wildman–Crippen LogP) is 3.92. The first-order chi connectivity index (χ1) is 12.3. The van der Waals surface area contributed by atoms with Gasteiger partial charge in [0, 0.05) is 11.8 Å². The van der Waals surface area contributed by atoms with Crippen LogP contribution in [0.25, 0.3) is 0 Å². The van der Waals surface area contributed by atoms with Gasteiger partial charge in [0.15, 0.2) is 17.2 Å².